The van der Waals surface area contributed by atoms with Gasteiger partial charge in [-0.15, -0.1) is 0 Å². The van der Waals surface area contributed by atoms with E-state index in [9.17, 15) is 0 Å². The van der Waals surface area contributed by atoms with Gasteiger partial charge in [-0.3, -0.25) is 0 Å². The molecule has 70 valence electrons. The molecule has 0 spiro atoms. The van der Waals surface area contributed by atoms with Crippen LogP contribution < -0.4 is 0 Å². The molecule has 12 heavy (non-hydrogen) atoms. The van der Waals surface area contributed by atoms with Gasteiger partial charge < -0.3 is 0 Å². The molecule has 0 radical (unpaired) electrons. The van der Waals surface area contributed by atoms with Gasteiger partial charge in [0.15, 0.2) is 0 Å². The molecule has 0 nitrogen and oxygen atoms in total. The van der Waals surface area contributed by atoms with Crippen LogP contribution in [-0.2, 0) is 0 Å². The molecule has 1 rings (SSSR count). The van der Waals surface area contributed by atoms with Crippen LogP contribution >= 0.6 is 0 Å². The average molecular weight is 166 g/mol. The first-order valence-corrected chi connectivity index (χ1v) is 5.03. The highest BCUT2D eigenvalue weighted by Crippen LogP contribution is 2.49. The second kappa shape index (κ2) is 2.90. The first-order chi connectivity index (χ1) is 5.33. The molecule has 0 aliphatic heterocycles. The maximum atomic E-state index is 2.33. The molecule has 0 bridgehead atoms. The van der Waals surface area contributed by atoms with Crippen LogP contribution in [0.2, 0.25) is 0 Å². The Labute approximate surface area is 77.1 Å². The monoisotopic (exact) mass is 166 g/mol. The van der Waals surface area contributed by atoms with Gasteiger partial charge in [0.05, 0.1) is 0 Å². The van der Waals surface area contributed by atoms with E-state index in [2.05, 4.69) is 41.5 Å². The van der Waals surface area contributed by atoms with Crippen LogP contribution in [0.3, 0.4) is 0 Å². The summed E-state index contributed by atoms with van der Waals surface area (Å²) < 4.78 is 0. The summed E-state index contributed by atoms with van der Waals surface area (Å²) in [5.74, 6) is 1.63. The first-order valence-electron chi connectivity index (χ1n) is 5.03. The first kappa shape index (κ1) is 9.83. The van der Waals surface area contributed by atoms with E-state index >= 15 is 0 Å². The fraction of sp³-hybridized carbons (Fsp3) is 0.833. The molecular weight excluding hydrogens is 144 g/mol. The molecule has 0 heterocycles. The zero-order chi connectivity index (χ0) is 9.52. The minimum atomic E-state index is 0.489. The molecule has 1 atom stereocenters. The smallest absolute Gasteiger partial charge is 0.00175 e. The second-order valence-corrected chi connectivity index (χ2v) is 5.61. The molecule has 0 fully saturated rings. The van der Waals surface area contributed by atoms with Gasteiger partial charge in [-0.05, 0) is 24.7 Å². The molecule has 0 aromatic rings. The Hall–Kier alpha value is -0.260. The summed E-state index contributed by atoms with van der Waals surface area (Å²) in [5.41, 5.74) is 3.88. The third-order valence-corrected chi connectivity index (χ3v) is 2.71. The summed E-state index contributed by atoms with van der Waals surface area (Å²) >= 11 is 0. The van der Waals surface area contributed by atoms with Crippen molar-refractivity contribution in [2.24, 2.45) is 17.3 Å². The topological polar surface area (TPSA) is 0 Å². The van der Waals surface area contributed by atoms with Crippen LogP contribution in [0.25, 0.3) is 0 Å². The molecule has 0 heteroatoms. The molecule has 0 amide bonds. The van der Waals surface area contributed by atoms with E-state index in [-0.39, 0.29) is 0 Å². The molecule has 1 aliphatic carbocycles. The van der Waals surface area contributed by atoms with Crippen LogP contribution in [0.5, 0.6) is 0 Å². The summed E-state index contributed by atoms with van der Waals surface area (Å²) in [4.78, 5) is 0. The molecule has 0 aromatic heterocycles. The molecule has 1 aliphatic rings. The molecule has 0 aromatic carbocycles. The SMILES string of the molecule is CC1=C(C(C)C)C1CC(C)(C)C. The zero-order valence-electron chi connectivity index (χ0n) is 9.36. The summed E-state index contributed by atoms with van der Waals surface area (Å²) in [7, 11) is 0. The van der Waals surface area contributed by atoms with E-state index < -0.39 is 0 Å². The van der Waals surface area contributed by atoms with Crippen molar-refractivity contribution in [3.05, 3.63) is 11.1 Å². The Morgan fingerprint density at radius 1 is 1.25 bits per heavy atom. The van der Waals surface area contributed by atoms with Gasteiger partial charge in [-0.25, -0.2) is 0 Å². The Morgan fingerprint density at radius 3 is 2.00 bits per heavy atom. The van der Waals surface area contributed by atoms with Gasteiger partial charge >= 0.3 is 0 Å². The van der Waals surface area contributed by atoms with Crippen LogP contribution in [0.1, 0.15) is 48.0 Å². The predicted molar refractivity (Wildman–Crippen MR) is 55.1 cm³/mol. The van der Waals surface area contributed by atoms with Gasteiger partial charge in [0, 0.05) is 5.92 Å². The Balaban J connectivity index is 2.44. The number of allylic oxidation sites excluding steroid dienone is 2. The van der Waals surface area contributed by atoms with E-state index in [1.54, 1.807) is 11.1 Å². The van der Waals surface area contributed by atoms with Crippen molar-refractivity contribution >= 4 is 0 Å². The van der Waals surface area contributed by atoms with Gasteiger partial charge in [0.25, 0.3) is 0 Å². The summed E-state index contributed by atoms with van der Waals surface area (Å²) in [6, 6.07) is 0. The fourth-order valence-electron chi connectivity index (χ4n) is 2.15. The van der Waals surface area contributed by atoms with Crippen molar-refractivity contribution < 1.29 is 0 Å². The predicted octanol–water partition coefficient (Wildman–Crippen LogP) is 4.02. The van der Waals surface area contributed by atoms with Crippen LogP contribution in [0, 0.1) is 17.3 Å². The average Bonchev–Trinajstić information content (AvgIpc) is 2.37. The van der Waals surface area contributed by atoms with Crippen molar-refractivity contribution in [3.63, 3.8) is 0 Å². The molecule has 0 saturated carbocycles. The number of hydrogen-bond donors (Lipinski definition) is 0. The Kier molecular flexibility index (Phi) is 2.38. The lowest BCUT2D eigenvalue weighted by Crippen LogP contribution is -2.08. The van der Waals surface area contributed by atoms with Crippen LogP contribution in [0.4, 0.5) is 0 Å². The Bertz CT molecular complexity index is 201. The maximum Gasteiger partial charge on any atom is 0.00175 e. The van der Waals surface area contributed by atoms with E-state index in [1.165, 1.54) is 6.42 Å². The van der Waals surface area contributed by atoms with E-state index in [0.717, 1.165) is 11.8 Å². The summed E-state index contributed by atoms with van der Waals surface area (Å²) in [6.07, 6.45) is 1.34. The third-order valence-electron chi connectivity index (χ3n) is 2.71. The third kappa shape index (κ3) is 2.12. The highest BCUT2D eigenvalue weighted by molar-refractivity contribution is 5.40. The number of hydrogen-bond acceptors (Lipinski definition) is 0. The summed E-state index contributed by atoms with van der Waals surface area (Å²) in [5, 5.41) is 0. The fourth-order valence-corrected chi connectivity index (χ4v) is 2.15. The van der Waals surface area contributed by atoms with Crippen molar-refractivity contribution in [3.8, 4) is 0 Å². The van der Waals surface area contributed by atoms with Crippen molar-refractivity contribution in [1.29, 1.82) is 0 Å². The minimum Gasteiger partial charge on any atom is -0.0661 e. The highest BCUT2D eigenvalue weighted by atomic mass is 14.4. The second-order valence-electron chi connectivity index (χ2n) is 5.61. The van der Waals surface area contributed by atoms with Crippen LogP contribution in [0.15, 0.2) is 11.1 Å². The van der Waals surface area contributed by atoms with Gasteiger partial charge in [0.2, 0.25) is 0 Å². The van der Waals surface area contributed by atoms with E-state index in [4.69, 9.17) is 0 Å². The van der Waals surface area contributed by atoms with Crippen molar-refractivity contribution in [1.82, 2.24) is 0 Å². The number of rotatable bonds is 2. The Morgan fingerprint density at radius 2 is 1.75 bits per heavy atom. The largest absolute Gasteiger partial charge is 0.0661 e. The van der Waals surface area contributed by atoms with Crippen molar-refractivity contribution in [2.75, 3.05) is 0 Å². The molecule has 0 N–H and O–H groups in total. The highest BCUT2D eigenvalue weighted by Gasteiger charge is 2.36. The van der Waals surface area contributed by atoms with Crippen molar-refractivity contribution in [2.45, 2.75) is 48.0 Å². The van der Waals surface area contributed by atoms with Crippen LogP contribution in [-0.4, -0.2) is 0 Å². The quantitative estimate of drug-likeness (QED) is 0.543. The van der Waals surface area contributed by atoms with E-state index in [0.29, 0.717) is 5.41 Å². The van der Waals surface area contributed by atoms with Gasteiger partial charge in [0.1, 0.15) is 0 Å². The standard InChI is InChI=1S/C12H22/c1-8(2)11-9(3)10(11)7-12(4,5)6/h8,10H,7H2,1-6H3. The lowest BCUT2D eigenvalue weighted by Gasteiger charge is -2.19. The zero-order valence-corrected chi connectivity index (χ0v) is 9.36. The lowest BCUT2D eigenvalue weighted by atomic mass is 9.86. The molecular formula is C12H22. The lowest BCUT2D eigenvalue weighted by molar-refractivity contribution is 0.354. The molecule has 0 saturated heterocycles. The van der Waals surface area contributed by atoms with Gasteiger partial charge in [-0.1, -0.05) is 45.8 Å². The minimum absolute atomic E-state index is 0.489. The maximum absolute atomic E-state index is 2.33. The molecule has 1 unspecified atom stereocenters. The van der Waals surface area contributed by atoms with Gasteiger partial charge in [-0.2, -0.15) is 0 Å². The van der Waals surface area contributed by atoms with E-state index in [1.807, 2.05) is 0 Å². The summed E-state index contributed by atoms with van der Waals surface area (Å²) in [6.45, 7) is 13.9. The normalized spacial score (nSPS) is 23.8.